The second-order valence-corrected chi connectivity index (χ2v) is 10.6. The summed E-state index contributed by atoms with van der Waals surface area (Å²) in [5.41, 5.74) is 4.13. The fourth-order valence-corrected chi connectivity index (χ4v) is 6.05. The molecule has 0 aliphatic heterocycles. The van der Waals surface area contributed by atoms with E-state index in [1.165, 1.54) is 11.3 Å². The van der Waals surface area contributed by atoms with Crippen LogP contribution in [0, 0.1) is 27.7 Å². The van der Waals surface area contributed by atoms with Gasteiger partial charge in [0.1, 0.15) is 15.7 Å². The molecule has 0 radical (unpaired) electrons. The van der Waals surface area contributed by atoms with E-state index in [-0.39, 0.29) is 17.4 Å². The molecule has 0 bridgehead atoms. The zero-order valence-corrected chi connectivity index (χ0v) is 20.4. The lowest BCUT2D eigenvalue weighted by Crippen LogP contribution is -2.31. The topological polar surface area (TPSA) is 111 Å². The fourth-order valence-electron chi connectivity index (χ4n) is 3.30. The SMILES string of the molecule is COCCOC(NS(=O)(=O)c1sc(C)cc1-c1ccc(CO)cc1C)c1noc(C)c1C. The Morgan fingerprint density at radius 3 is 2.50 bits per heavy atom. The first kappa shape index (κ1) is 24.6. The molecule has 1 atom stereocenters. The van der Waals surface area contributed by atoms with E-state index in [0.29, 0.717) is 29.2 Å². The number of ether oxygens (including phenoxy) is 2. The van der Waals surface area contributed by atoms with Crippen LogP contribution in [0.1, 0.15) is 39.2 Å². The van der Waals surface area contributed by atoms with E-state index >= 15 is 0 Å². The molecule has 0 aliphatic carbocycles. The number of rotatable bonds is 10. The van der Waals surface area contributed by atoms with Gasteiger partial charge >= 0.3 is 0 Å². The summed E-state index contributed by atoms with van der Waals surface area (Å²) in [4.78, 5) is 0.858. The number of hydrogen-bond donors (Lipinski definition) is 2. The summed E-state index contributed by atoms with van der Waals surface area (Å²) >= 11 is 1.19. The number of aromatic nitrogens is 1. The Morgan fingerprint density at radius 1 is 1.16 bits per heavy atom. The number of methoxy groups -OCH3 is 1. The van der Waals surface area contributed by atoms with Crippen LogP contribution in [-0.4, -0.2) is 39.0 Å². The summed E-state index contributed by atoms with van der Waals surface area (Å²) in [6.45, 7) is 7.71. The summed E-state index contributed by atoms with van der Waals surface area (Å²) in [6, 6.07) is 7.33. The van der Waals surface area contributed by atoms with Gasteiger partial charge in [-0.1, -0.05) is 23.4 Å². The molecule has 0 amide bonds. The van der Waals surface area contributed by atoms with Crippen LogP contribution < -0.4 is 4.72 Å². The van der Waals surface area contributed by atoms with Gasteiger partial charge in [-0.15, -0.1) is 11.3 Å². The Balaban J connectivity index is 2.00. The summed E-state index contributed by atoms with van der Waals surface area (Å²) in [5.74, 6) is 0.590. The summed E-state index contributed by atoms with van der Waals surface area (Å²) < 4.78 is 45.8. The van der Waals surface area contributed by atoms with Gasteiger partial charge in [0.05, 0.1) is 19.8 Å². The Labute approximate surface area is 192 Å². The highest BCUT2D eigenvalue weighted by Gasteiger charge is 2.30. The number of aliphatic hydroxyl groups is 1. The molecule has 174 valence electrons. The monoisotopic (exact) mass is 480 g/mol. The average Bonchev–Trinajstić information content (AvgIpc) is 3.30. The van der Waals surface area contributed by atoms with Crippen molar-refractivity contribution in [2.45, 2.75) is 44.7 Å². The van der Waals surface area contributed by atoms with Crippen LogP contribution in [0.4, 0.5) is 0 Å². The molecule has 0 saturated carbocycles. The minimum absolute atomic E-state index is 0.0759. The standard InChI is InChI=1S/C22H28N2O6S2/c1-13-10-17(12-25)6-7-18(13)19-11-14(2)31-22(19)32(26,27)24-21(29-9-8-28-5)20-15(3)16(4)30-23-20/h6-7,10-11,21,24-25H,8-9,12H2,1-5H3. The maximum absolute atomic E-state index is 13.5. The molecule has 2 aromatic heterocycles. The zero-order chi connectivity index (χ0) is 23.5. The Kier molecular flexibility index (Phi) is 7.86. The quantitative estimate of drug-likeness (QED) is 0.336. The third-order valence-corrected chi connectivity index (χ3v) is 8.09. The van der Waals surface area contributed by atoms with Gasteiger partial charge < -0.3 is 19.1 Å². The molecule has 0 fully saturated rings. The number of nitrogens with zero attached hydrogens (tertiary/aromatic N) is 1. The van der Waals surface area contributed by atoms with Gasteiger partial charge in [-0.2, -0.15) is 4.72 Å². The van der Waals surface area contributed by atoms with Crippen LogP contribution in [0.5, 0.6) is 0 Å². The van der Waals surface area contributed by atoms with Crippen molar-refractivity contribution in [1.29, 1.82) is 0 Å². The molecule has 0 aliphatic rings. The molecule has 32 heavy (non-hydrogen) atoms. The maximum Gasteiger partial charge on any atom is 0.253 e. The van der Waals surface area contributed by atoms with Crippen molar-refractivity contribution in [3.8, 4) is 11.1 Å². The molecular weight excluding hydrogens is 452 g/mol. The van der Waals surface area contributed by atoms with E-state index in [1.54, 1.807) is 27.0 Å². The summed E-state index contributed by atoms with van der Waals surface area (Å²) in [5, 5.41) is 13.4. The van der Waals surface area contributed by atoms with Gasteiger partial charge in [-0.3, -0.25) is 0 Å². The van der Waals surface area contributed by atoms with E-state index in [2.05, 4.69) is 9.88 Å². The van der Waals surface area contributed by atoms with E-state index < -0.39 is 16.3 Å². The van der Waals surface area contributed by atoms with Crippen molar-refractivity contribution in [1.82, 2.24) is 9.88 Å². The predicted molar refractivity (Wildman–Crippen MR) is 122 cm³/mol. The number of hydrogen-bond acceptors (Lipinski definition) is 8. The Hall–Kier alpha value is -2.08. The van der Waals surface area contributed by atoms with Crippen LogP contribution in [0.3, 0.4) is 0 Å². The van der Waals surface area contributed by atoms with Crippen molar-refractivity contribution < 1.29 is 27.5 Å². The molecule has 0 saturated heterocycles. The van der Waals surface area contributed by atoms with Crippen molar-refractivity contribution in [3.63, 3.8) is 0 Å². The fraction of sp³-hybridized carbons (Fsp3) is 0.409. The minimum Gasteiger partial charge on any atom is -0.392 e. The number of sulfonamides is 1. The first-order valence-corrected chi connectivity index (χ1v) is 12.3. The summed E-state index contributed by atoms with van der Waals surface area (Å²) in [7, 11) is -2.43. The molecule has 3 rings (SSSR count). The molecule has 1 aromatic carbocycles. The highest BCUT2D eigenvalue weighted by atomic mass is 32.2. The minimum atomic E-state index is -3.97. The third-order valence-electron chi connectivity index (χ3n) is 5.10. The van der Waals surface area contributed by atoms with E-state index in [4.69, 9.17) is 14.0 Å². The largest absolute Gasteiger partial charge is 0.392 e. The highest BCUT2D eigenvalue weighted by Crippen LogP contribution is 2.37. The maximum atomic E-state index is 13.5. The van der Waals surface area contributed by atoms with Gasteiger partial charge in [0.15, 0.2) is 6.23 Å². The van der Waals surface area contributed by atoms with Crippen LogP contribution in [0.25, 0.3) is 11.1 Å². The molecule has 1 unspecified atom stereocenters. The normalized spacial score (nSPS) is 12.9. The van der Waals surface area contributed by atoms with Crippen LogP contribution in [0.2, 0.25) is 0 Å². The molecule has 3 aromatic rings. The number of thiophene rings is 1. The highest BCUT2D eigenvalue weighted by molar-refractivity contribution is 7.91. The van der Waals surface area contributed by atoms with Gasteiger partial charge in [-0.05, 0) is 50.5 Å². The lowest BCUT2D eigenvalue weighted by atomic mass is 10.0. The van der Waals surface area contributed by atoms with Crippen molar-refractivity contribution >= 4 is 21.4 Å². The van der Waals surface area contributed by atoms with Crippen LogP contribution >= 0.6 is 11.3 Å². The molecule has 2 heterocycles. The van der Waals surface area contributed by atoms with E-state index in [9.17, 15) is 13.5 Å². The van der Waals surface area contributed by atoms with Gasteiger partial charge in [-0.25, -0.2) is 8.42 Å². The predicted octanol–water partition coefficient (Wildman–Crippen LogP) is 3.77. The zero-order valence-electron chi connectivity index (χ0n) is 18.8. The molecular formula is C22H28N2O6S2. The van der Waals surface area contributed by atoms with Crippen molar-refractivity contribution in [2.24, 2.45) is 0 Å². The second kappa shape index (κ2) is 10.2. The number of benzene rings is 1. The first-order valence-electron chi connectivity index (χ1n) is 10.0. The average molecular weight is 481 g/mol. The van der Waals surface area contributed by atoms with E-state index in [0.717, 1.165) is 21.6 Å². The number of aryl methyl sites for hydroxylation is 3. The second-order valence-electron chi connectivity index (χ2n) is 7.48. The smallest absolute Gasteiger partial charge is 0.253 e. The van der Waals surface area contributed by atoms with Crippen LogP contribution in [-0.2, 0) is 26.1 Å². The molecule has 0 spiro atoms. The number of nitrogens with one attached hydrogen (secondary N) is 1. The third kappa shape index (κ3) is 5.28. The first-order chi connectivity index (χ1) is 15.2. The van der Waals surface area contributed by atoms with Crippen molar-refractivity contribution in [3.05, 3.63) is 57.3 Å². The molecule has 10 heteroatoms. The lowest BCUT2D eigenvalue weighted by molar-refractivity contribution is 0.00691. The van der Waals surface area contributed by atoms with Crippen molar-refractivity contribution in [2.75, 3.05) is 20.3 Å². The van der Waals surface area contributed by atoms with Crippen LogP contribution in [0.15, 0.2) is 33.0 Å². The van der Waals surface area contributed by atoms with Gasteiger partial charge in [0.25, 0.3) is 10.0 Å². The lowest BCUT2D eigenvalue weighted by Gasteiger charge is -2.18. The van der Waals surface area contributed by atoms with E-state index in [1.807, 2.05) is 32.0 Å². The molecule has 8 nitrogen and oxygen atoms in total. The number of aliphatic hydroxyl groups excluding tert-OH is 1. The Morgan fingerprint density at radius 2 is 1.91 bits per heavy atom. The Bertz CT molecular complexity index is 1180. The molecule has 2 N–H and O–H groups in total. The van der Waals surface area contributed by atoms with Gasteiger partial charge in [0, 0.05) is 23.1 Å². The van der Waals surface area contributed by atoms with Gasteiger partial charge in [0.2, 0.25) is 0 Å². The summed E-state index contributed by atoms with van der Waals surface area (Å²) in [6.07, 6.45) is -1.03.